The first-order valence-corrected chi connectivity index (χ1v) is 5.94. The van der Waals surface area contributed by atoms with Gasteiger partial charge in [0, 0.05) is 17.0 Å². The number of rotatable bonds is 1. The molecule has 5 heteroatoms. The van der Waals surface area contributed by atoms with Gasteiger partial charge in [0.15, 0.2) is 0 Å². The van der Waals surface area contributed by atoms with Gasteiger partial charge in [-0.05, 0) is 12.8 Å². The number of hydrogen-bond acceptors (Lipinski definition) is 3. The predicted molar refractivity (Wildman–Crippen MR) is 55.2 cm³/mol. The quantitative estimate of drug-likeness (QED) is 0.657. The molecule has 2 aliphatic rings. The van der Waals surface area contributed by atoms with E-state index in [0.717, 1.165) is 18.6 Å². The second-order valence-electron chi connectivity index (χ2n) is 3.86. The summed E-state index contributed by atoms with van der Waals surface area (Å²) in [5, 5.41) is 3.00. The van der Waals surface area contributed by atoms with Crippen LogP contribution >= 0.6 is 11.8 Å². The Hall–Kier alpha value is -0.710. The van der Waals surface area contributed by atoms with Crippen LogP contribution in [0.3, 0.4) is 0 Å². The molecule has 0 radical (unpaired) electrons. The highest BCUT2D eigenvalue weighted by atomic mass is 32.2. The minimum atomic E-state index is -0.213. The molecule has 2 unspecified atom stereocenters. The molecule has 2 aliphatic heterocycles. The molecule has 2 heterocycles. The van der Waals surface area contributed by atoms with Gasteiger partial charge in [-0.15, -0.1) is 0 Å². The third kappa shape index (κ3) is 1.87. The van der Waals surface area contributed by atoms with E-state index in [9.17, 15) is 9.59 Å². The lowest BCUT2D eigenvalue weighted by Gasteiger charge is -2.31. The topological polar surface area (TPSA) is 49.4 Å². The van der Waals surface area contributed by atoms with Crippen molar-refractivity contribution in [2.45, 2.75) is 31.1 Å². The van der Waals surface area contributed by atoms with Gasteiger partial charge in [-0.3, -0.25) is 10.1 Å². The van der Waals surface area contributed by atoms with Crippen LogP contribution in [-0.2, 0) is 4.79 Å². The van der Waals surface area contributed by atoms with Crippen LogP contribution in [0.25, 0.3) is 0 Å². The summed E-state index contributed by atoms with van der Waals surface area (Å²) in [4.78, 5) is 24.0. The molecule has 0 aromatic heterocycles. The number of carbonyl (C=O) groups excluding carboxylic acids is 2. The Morgan fingerprint density at radius 2 is 2.21 bits per heavy atom. The largest absolute Gasteiger partial charge is 0.324 e. The monoisotopic (exact) mass is 214 g/mol. The van der Waals surface area contributed by atoms with Gasteiger partial charge in [0.05, 0.1) is 0 Å². The number of thioether (sulfide) groups is 1. The average molecular weight is 214 g/mol. The van der Waals surface area contributed by atoms with E-state index in [2.05, 4.69) is 12.2 Å². The van der Waals surface area contributed by atoms with E-state index >= 15 is 0 Å². The molecule has 78 valence electrons. The molecule has 2 fully saturated rings. The Morgan fingerprint density at radius 3 is 2.71 bits per heavy atom. The van der Waals surface area contributed by atoms with Crippen LogP contribution in [0.1, 0.15) is 19.8 Å². The number of imide groups is 1. The Morgan fingerprint density at radius 1 is 1.43 bits per heavy atom. The van der Waals surface area contributed by atoms with E-state index in [1.807, 2.05) is 11.8 Å². The molecule has 0 spiro atoms. The van der Waals surface area contributed by atoms with Crippen molar-refractivity contribution in [2.24, 2.45) is 0 Å². The van der Waals surface area contributed by atoms with Crippen molar-refractivity contribution < 1.29 is 9.59 Å². The van der Waals surface area contributed by atoms with Crippen LogP contribution in [0.2, 0.25) is 0 Å². The number of nitrogens with one attached hydrogen (secondary N) is 1. The molecular weight excluding hydrogens is 200 g/mol. The van der Waals surface area contributed by atoms with Crippen LogP contribution in [0.4, 0.5) is 4.79 Å². The van der Waals surface area contributed by atoms with Gasteiger partial charge in [0.1, 0.15) is 6.54 Å². The second kappa shape index (κ2) is 3.81. The predicted octanol–water partition coefficient (Wildman–Crippen LogP) is 0.822. The van der Waals surface area contributed by atoms with Gasteiger partial charge < -0.3 is 4.90 Å². The highest BCUT2D eigenvalue weighted by Gasteiger charge is 2.34. The standard InChI is InChI=1S/C9H14N2O2S/c1-6-2-3-7(5-14-6)11-4-8(12)10-9(11)13/h6-7H,2-5H2,1H3,(H,10,12,13). The fraction of sp³-hybridized carbons (Fsp3) is 0.778. The lowest BCUT2D eigenvalue weighted by molar-refractivity contribution is -0.118. The molecule has 0 bridgehead atoms. The first-order chi connectivity index (χ1) is 6.66. The van der Waals surface area contributed by atoms with E-state index in [-0.39, 0.29) is 24.5 Å². The van der Waals surface area contributed by atoms with Crippen LogP contribution in [0.5, 0.6) is 0 Å². The van der Waals surface area contributed by atoms with Gasteiger partial charge in [-0.2, -0.15) is 11.8 Å². The summed E-state index contributed by atoms with van der Waals surface area (Å²) in [5.41, 5.74) is 0. The van der Waals surface area contributed by atoms with Gasteiger partial charge in [0.2, 0.25) is 5.91 Å². The van der Waals surface area contributed by atoms with Gasteiger partial charge in [-0.25, -0.2) is 4.79 Å². The van der Waals surface area contributed by atoms with Crippen molar-refractivity contribution in [1.29, 1.82) is 0 Å². The van der Waals surface area contributed by atoms with Crippen molar-refractivity contribution in [2.75, 3.05) is 12.3 Å². The molecule has 14 heavy (non-hydrogen) atoms. The molecule has 0 aliphatic carbocycles. The molecule has 3 amide bonds. The Kier molecular flexibility index (Phi) is 2.67. The van der Waals surface area contributed by atoms with Crippen LogP contribution in [0, 0.1) is 0 Å². The van der Waals surface area contributed by atoms with Gasteiger partial charge >= 0.3 is 6.03 Å². The summed E-state index contributed by atoms with van der Waals surface area (Å²) < 4.78 is 0. The summed E-state index contributed by atoms with van der Waals surface area (Å²) >= 11 is 1.88. The lowest BCUT2D eigenvalue weighted by atomic mass is 10.1. The van der Waals surface area contributed by atoms with E-state index < -0.39 is 0 Å². The molecule has 4 nitrogen and oxygen atoms in total. The maximum Gasteiger partial charge on any atom is 0.324 e. The van der Waals surface area contributed by atoms with Crippen molar-refractivity contribution in [1.82, 2.24) is 10.2 Å². The Balaban J connectivity index is 1.95. The summed E-state index contributed by atoms with van der Waals surface area (Å²) in [7, 11) is 0. The highest BCUT2D eigenvalue weighted by molar-refractivity contribution is 7.99. The zero-order valence-electron chi connectivity index (χ0n) is 8.16. The summed E-state index contributed by atoms with van der Waals surface area (Å²) in [5.74, 6) is 0.792. The number of nitrogens with zero attached hydrogens (tertiary/aromatic N) is 1. The molecular formula is C9H14N2O2S. The fourth-order valence-corrected chi connectivity index (χ4v) is 3.07. The third-order valence-corrected chi connectivity index (χ3v) is 4.12. The smallest absolute Gasteiger partial charge is 0.311 e. The number of hydrogen-bond donors (Lipinski definition) is 1. The first kappa shape index (κ1) is 9.83. The lowest BCUT2D eigenvalue weighted by Crippen LogP contribution is -2.41. The highest BCUT2D eigenvalue weighted by Crippen LogP contribution is 2.28. The molecule has 2 rings (SSSR count). The van der Waals surface area contributed by atoms with Crippen molar-refractivity contribution in [3.63, 3.8) is 0 Å². The Labute approximate surface area is 87.4 Å². The Bertz CT molecular complexity index is 262. The van der Waals surface area contributed by atoms with Crippen LogP contribution < -0.4 is 5.32 Å². The van der Waals surface area contributed by atoms with Crippen molar-refractivity contribution in [3.8, 4) is 0 Å². The normalized spacial score (nSPS) is 33.4. The number of carbonyl (C=O) groups is 2. The summed E-state index contributed by atoms with van der Waals surface area (Å²) in [6, 6.07) is 0.0396. The number of amides is 3. The molecule has 0 saturated carbocycles. The number of urea groups is 1. The zero-order chi connectivity index (χ0) is 10.1. The van der Waals surface area contributed by atoms with E-state index in [4.69, 9.17) is 0 Å². The summed E-state index contributed by atoms with van der Waals surface area (Å²) in [6.45, 7) is 2.45. The molecule has 0 aromatic rings. The summed E-state index contributed by atoms with van der Waals surface area (Å²) in [6.07, 6.45) is 2.15. The molecule has 1 N–H and O–H groups in total. The zero-order valence-corrected chi connectivity index (χ0v) is 8.97. The van der Waals surface area contributed by atoms with Crippen molar-refractivity contribution >= 4 is 23.7 Å². The average Bonchev–Trinajstić information content (AvgIpc) is 2.47. The van der Waals surface area contributed by atoms with E-state index in [1.54, 1.807) is 4.90 Å². The minimum absolute atomic E-state index is 0.168. The van der Waals surface area contributed by atoms with E-state index in [1.165, 1.54) is 0 Å². The molecule has 0 aromatic carbocycles. The van der Waals surface area contributed by atoms with Crippen LogP contribution in [0.15, 0.2) is 0 Å². The maximum absolute atomic E-state index is 11.4. The van der Waals surface area contributed by atoms with Crippen molar-refractivity contribution in [3.05, 3.63) is 0 Å². The molecule has 2 atom stereocenters. The maximum atomic E-state index is 11.4. The minimum Gasteiger partial charge on any atom is -0.311 e. The SMILES string of the molecule is CC1CCC(N2CC(=O)NC2=O)CS1. The van der Waals surface area contributed by atoms with Gasteiger partial charge in [-0.1, -0.05) is 6.92 Å². The second-order valence-corrected chi connectivity index (χ2v) is 5.33. The molecule has 2 saturated heterocycles. The van der Waals surface area contributed by atoms with Gasteiger partial charge in [0.25, 0.3) is 0 Å². The first-order valence-electron chi connectivity index (χ1n) is 4.89. The third-order valence-electron chi connectivity index (χ3n) is 2.74. The van der Waals surface area contributed by atoms with E-state index in [0.29, 0.717) is 5.25 Å². The fourth-order valence-electron chi connectivity index (χ4n) is 1.87. The van der Waals surface area contributed by atoms with Crippen LogP contribution in [-0.4, -0.2) is 40.4 Å².